The molecule has 0 aliphatic rings. The molecule has 4 heteroatoms. The summed E-state index contributed by atoms with van der Waals surface area (Å²) in [6.07, 6.45) is 0.0482. The van der Waals surface area contributed by atoms with E-state index in [2.05, 4.69) is 0 Å². The minimum absolute atomic E-state index is 0.0482. The van der Waals surface area contributed by atoms with E-state index in [-0.39, 0.29) is 24.6 Å². The lowest BCUT2D eigenvalue weighted by Crippen LogP contribution is -2.34. The first-order valence-corrected chi connectivity index (χ1v) is 7.62. The summed E-state index contributed by atoms with van der Waals surface area (Å²) in [7, 11) is 0. The smallest absolute Gasteiger partial charge is 0.243 e. The zero-order chi connectivity index (χ0) is 16.0. The van der Waals surface area contributed by atoms with Gasteiger partial charge in [0.05, 0.1) is 11.8 Å². The number of benzene rings is 1. The fourth-order valence-corrected chi connectivity index (χ4v) is 2.13. The Bertz CT molecular complexity index is 502. The third kappa shape index (κ3) is 5.18. The van der Waals surface area contributed by atoms with E-state index < -0.39 is 0 Å². The first-order valence-electron chi connectivity index (χ1n) is 7.09. The summed E-state index contributed by atoms with van der Waals surface area (Å²) in [4.78, 5) is 13.8. The van der Waals surface area contributed by atoms with Crippen LogP contribution in [0, 0.1) is 6.92 Å². The molecule has 0 N–H and O–H groups in total. The van der Waals surface area contributed by atoms with Gasteiger partial charge in [0.2, 0.25) is 5.91 Å². The second-order valence-corrected chi connectivity index (χ2v) is 5.78. The van der Waals surface area contributed by atoms with Crippen LogP contribution in [0.5, 0.6) is 0 Å². The predicted octanol–water partition coefficient (Wildman–Crippen LogP) is 4.20. The molecule has 0 fully saturated rings. The van der Waals surface area contributed by atoms with Gasteiger partial charge in [0.25, 0.3) is 0 Å². The second-order valence-electron chi connectivity index (χ2n) is 5.51. The lowest BCUT2D eigenvalue weighted by Gasteiger charge is -2.27. The largest absolute Gasteiger partial charge is 0.358 e. The summed E-state index contributed by atoms with van der Waals surface area (Å²) in [6.45, 7) is 10.1. The summed E-state index contributed by atoms with van der Waals surface area (Å²) in [5, 5.41) is 0. The van der Waals surface area contributed by atoms with Crippen molar-refractivity contribution in [2.45, 2.75) is 40.7 Å². The highest BCUT2D eigenvalue weighted by molar-refractivity contribution is 6.27. The lowest BCUT2D eigenvalue weighted by atomic mass is 10.1. The Labute approximate surface area is 132 Å². The van der Waals surface area contributed by atoms with E-state index in [4.69, 9.17) is 16.3 Å². The average Bonchev–Trinajstić information content (AvgIpc) is 2.43. The molecule has 0 unspecified atom stereocenters. The molecule has 0 saturated heterocycles. The number of carbonyl (C=O) groups is 1. The van der Waals surface area contributed by atoms with Crippen LogP contribution < -0.4 is 0 Å². The van der Waals surface area contributed by atoms with Crippen molar-refractivity contribution in [2.75, 3.05) is 12.6 Å². The van der Waals surface area contributed by atoms with Gasteiger partial charge in [-0.1, -0.05) is 35.4 Å². The van der Waals surface area contributed by atoms with Crippen molar-refractivity contribution < 1.29 is 9.53 Å². The zero-order valence-electron chi connectivity index (χ0n) is 13.4. The molecular formula is C17H24ClNO2. The van der Waals surface area contributed by atoms with E-state index in [1.165, 1.54) is 5.56 Å². The van der Waals surface area contributed by atoms with Crippen LogP contribution in [0.25, 0.3) is 5.70 Å². The fourth-order valence-electron chi connectivity index (χ4n) is 1.98. The van der Waals surface area contributed by atoms with Crippen LogP contribution >= 0.6 is 11.6 Å². The molecule has 116 valence electrons. The lowest BCUT2D eigenvalue weighted by molar-refractivity contribution is -0.130. The van der Waals surface area contributed by atoms with E-state index in [9.17, 15) is 4.79 Å². The van der Waals surface area contributed by atoms with Gasteiger partial charge in [-0.05, 0) is 40.2 Å². The van der Waals surface area contributed by atoms with Crippen LogP contribution in [0.3, 0.4) is 0 Å². The van der Waals surface area contributed by atoms with Gasteiger partial charge in [0, 0.05) is 0 Å². The number of aryl methyl sites for hydroxylation is 1. The van der Waals surface area contributed by atoms with Crippen molar-refractivity contribution in [3.05, 3.63) is 41.0 Å². The molecule has 21 heavy (non-hydrogen) atoms. The quantitative estimate of drug-likeness (QED) is 0.582. The molecule has 0 atom stereocenters. The van der Waals surface area contributed by atoms with E-state index in [1.54, 1.807) is 4.90 Å². The van der Waals surface area contributed by atoms with Crippen molar-refractivity contribution in [1.29, 1.82) is 0 Å². The third-order valence-electron chi connectivity index (χ3n) is 3.02. The maximum atomic E-state index is 12.2. The Hall–Kier alpha value is -1.32. The van der Waals surface area contributed by atoms with Crippen molar-refractivity contribution in [3.8, 4) is 0 Å². The van der Waals surface area contributed by atoms with E-state index >= 15 is 0 Å². The second kappa shape index (κ2) is 8.20. The Morgan fingerprint density at radius 3 is 2.24 bits per heavy atom. The fraction of sp³-hybridized carbons (Fsp3) is 0.471. The summed E-state index contributed by atoms with van der Waals surface area (Å²) < 4.78 is 5.62. The number of alkyl halides is 1. The molecule has 0 spiro atoms. The first kappa shape index (κ1) is 17.7. The molecular weight excluding hydrogens is 286 g/mol. The number of allylic oxidation sites excluding steroid dienone is 1. The number of amides is 1. The standard InChI is InChI=1S/C17H24ClNO2/c1-12(2)17(15-8-6-14(5)7-9-15)19(16(20)10-18)11-21-13(3)4/h6-9,13H,10-11H2,1-5H3. The molecule has 0 saturated carbocycles. The maximum Gasteiger partial charge on any atom is 0.243 e. The topological polar surface area (TPSA) is 29.5 Å². The molecule has 1 aromatic carbocycles. The van der Waals surface area contributed by atoms with Gasteiger partial charge in [-0.2, -0.15) is 0 Å². The number of hydrogen-bond acceptors (Lipinski definition) is 2. The average molecular weight is 310 g/mol. The number of ether oxygens (including phenoxy) is 1. The molecule has 0 radical (unpaired) electrons. The van der Waals surface area contributed by atoms with Gasteiger partial charge < -0.3 is 4.74 Å². The van der Waals surface area contributed by atoms with Crippen molar-refractivity contribution in [2.24, 2.45) is 0 Å². The number of nitrogens with zero attached hydrogens (tertiary/aromatic N) is 1. The van der Waals surface area contributed by atoms with Crippen LogP contribution in [0.4, 0.5) is 0 Å². The van der Waals surface area contributed by atoms with E-state index in [0.717, 1.165) is 16.8 Å². The molecule has 1 rings (SSSR count). The molecule has 1 amide bonds. The zero-order valence-corrected chi connectivity index (χ0v) is 14.2. The third-order valence-corrected chi connectivity index (χ3v) is 3.25. The van der Waals surface area contributed by atoms with Crippen molar-refractivity contribution in [3.63, 3.8) is 0 Å². The Morgan fingerprint density at radius 1 is 1.24 bits per heavy atom. The summed E-state index contributed by atoms with van der Waals surface area (Å²) >= 11 is 5.75. The molecule has 1 aromatic rings. The van der Waals surface area contributed by atoms with Crippen molar-refractivity contribution >= 4 is 23.2 Å². The highest BCUT2D eigenvalue weighted by Crippen LogP contribution is 2.24. The number of carbonyl (C=O) groups excluding carboxylic acids is 1. The minimum Gasteiger partial charge on any atom is -0.358 e. The SMILES string of the molecule is CC(C)=C(c1ccc(C)cc1)N(COC(C)C)C(=O)CCl. The van der Waals surface area contributed by atoms with Crippen LogP contribution in [0.2, 0.25) is 0 Å². The maximum absolute atomic E-state index is 12.2. The van der Waals surface area contributed by atoms with Gasteiger partial charge in [-0.15, -0.1) is 11.6 Å². The highest BCUT2D eigenvalue weighted by atomic mass is 35.5. The van der Waals surface area contributed by atoms with Crippen LogP contribution in [0.15, 0.2) is 29.8 Å². The number of rotatable bonds is 6. The highest BCUT2D eigenvalue weighted by Gasteiger charge is 2.20. The normalized spacial score (nSPS) is 10.6. The summed E-state index contributed by atoms with van der Waals surface area (Å²) in [6, 6.07) is 8.10. The summed E-state index contributed by atoms with van der Waals surface area (Å²) in [5.74, 6) is -0.224. The van der Waals surface area contributed by atoms with Crippen LogP contribution in [0.1, 0.15) is 38.8 Å². The molecule has 3 nitrogen and oxygen atoms in total. The van der Waals surface area contributed by atoms with Gasteiger partial charge in [0.1, 0.15) is 12.6 Å². The molecule has 0 bridgehead atoms. The molecule has 0 aliphatic carbocycles. The Balaban J connectivity index is 3.17. The van der Waals surface area contributed by atoms with Gasteiger partial charge >= 0.3 is 0 Å². The van der Waals surface area contributed by atoms with Gasteiger partial charge in [-0.3, -0.25) is 9.69 Å². The van der Waals surface area contributed by atoms with Crippen molar-refractivity contribution in [1.82, 2.24) is 4.90 Å². The Morgan fingerprint density at radius 2 is 1.81 bits per heavy atom. The number of hydrogen-bond donors (Lipinski definition) is 0. The molecule has 0 aliphatic heterocycles. The predicted molar refractivity (Wildman–Crippen MR) is 88.1 cm³/mol. The first-order chi connectivity index (χ1) is 9.86. The molecule has 0 aromatic heterocycles. The monoisotopic (exact) mass is 309 g/mol. The summed E-state index contributed by atoms with van der Waals surface area (Å²) in [5.41, 5.74) is 4.08. The van der Waals surface area contributed by atoms with E-state index in [1.807, 2.05) is 58.9 Å². The molecule has 0 heterocycles. The van der Waals surface area contributed by atoms with Gasteiger partial charge in [0.15, 0.2) is 0 Å². The Kier molecular flexibility index (Phi) is 6.93. The van der Waals surface area contributed by atoms with Gasteiger partial charge in [-0.25, -0.2) is 0 Å². The number of halogens is 1. The van der Waals surface area contributed by atoms with E-state index in [0.29, 0.717) is 0 Å². The van der Waals surface area contributed by atoms with Crippen LogP contribution in [-0.4, -0.2) is 29.5 Å². The van der Waals surface area contributed by atoms with Crippen LogP contribution in [-0.2, 0) is 9.53 Å². The minimum atomic E-state index is -0.158.